The third-order valence-electron chi connectivity index (χ3n) is 1.56. The van der Waals surface area contributed by atoms with Crippen LogP contribution in [0.5, 0.6) is 0 Å². The Hall–Kier alpha value is -1.63. The molecule has 0 heterocycles. The summed E-state index contributed by atoms with van der Waals surface area (Å²) in [5.74, 6) is -1.04. The second kappa shape index (κ2) is 6.85. The van der Waals surface area contributed by atoms with Crippen molar-refractivity contribution in [2.75, 3.05) is 0 Å². The van der Waals surface area contributed by atoms with E-state index < -0.39 is 17.6 Å². The summed E-state index contributed by atoms with van der Waals surface area (Å²) in [7, 11) is 0. The number of carbonyl (C=O) groups is 1. The summed E-state index contributed by atoms with van der Waals surface area (Å²) < 4.78 is 0. The van der Waals surface area contributed by atoms with Gasteiger partial charge in [-0.25, -0.2) is 4.99 Å². The predicted molar refractivity (Wildman–Crippen MR) is 65.8 cm³/mol. The fourth-order valence-corrected chi connectivity index (χ4v) is 0.743. The van der Waals surface area contributed by atoms with Gasteiger partial charge in [-0.3, -0.25) is 4.79 Å². The van der Waals surface area contributed by atoms with Crippen molar-refractivity contribution >= 4 is 18.1 Å². The molecule has 0 aliphatic rings. The lowest BCUT2D eigenvalue weighted by Gasteiger charge is -2.14. The van der Waals surface area contributed by atoms with Crippen molar-refractivity contribution in [2.24, 2.45) is 21.6 Å². The molecule has 17 heavy (non-hydrogen) atoms. The second-order valence-electron chi connectivity index (χ2n) is 4.49. The van der Waals surface area contributed by atoms with E-state index in [0.29, 0.717) is 12.8 Å². The van der Waals surface area contributed by atoms with E-state index in [4.69, 9.17) is 21.4 Å². The first-order valence-electron chi connectivity index (χ1n) is 5.25. The Morgan fingerprint density at radius 3 is 2.59 bits per heavy atom. The number of carboxylic acid groups (broad SMARTS) is 1. The number of nitrogens with two attached hydrogens (primary N) is 2. The number of hydrogen-bond acceptors (Lipinski definition) is 4. The van der Waals surface area contributed by atoms with E-state index in [1.165, 1.54) is 6.21 Å². The molecule has 0 radical (unpaired) electrons. The van der Waals surface area contributed by atoms with Gasteiger partial charge in [-0.1, -0.05) is 0 Å². The summed E-state index contributed by atoms with van der Waals surface area (Å²) in [4.78, 5) is 19.2. The van der Waals surface area contributed by atoms with Crippen LogP contribution in [0.1, 0.15) is 33.6 Å². The molecule has 7 nitrogen and oxygen atoms in total. The van der Waals surface area contributed by atoms with Crippen molar-refractivity contribution in [3.63, 3.8) is 0 Å². The molecule has 0 rings (SSSR count). The fraction of sp³-hybridized carbons (Fsp3) is 0.700. The Balaban J connectivity index is 3.96. The van der Waals surface area contributed by atoms with Gasteiger partial charge in [-0.15, -0.1) is 0 Å². The van der Waals surface area contributed by atoms with E-state index >= 15 is 0 Å². The van der Waals surface area contributed by atoms with Gasteiger partial charge in [0.05, 0.1) is 0 Å². The minimum atomic E-state index is -1.03. The number of carboxylic acids is 1. The van der Waals surface area contributed by atoms with Gasteiger partial charge in [0, 0.05) is 6.21 Å². The summed E-state index contributed by atoms with van der Waals surface area (Å²) in [6, 6.07) is -0.884. The van der Waals surface area contributed by atoms with Gasteiger partial charge in [-0.05, 0) is 38.8 Å². The zero-order valence-electron chi connectivity index (χ0n) is 10.4. The van der Waals surface area contributed by atoms with Crippen LogP contribution in [0, 0.1) is 0 Å². The normalized spacial score (nSPS) is 14.9. The lowest BCUT2D eigenvalue weighted by molar-refractivity contribution is -0.138. The minimum absolute atomic E-state index is 0.0104. The molecule has 0 aliphatic carbocycles. The monoisotopic (exact) mass is 244 g/mol. The largest absolute Gasteiger partial charge is 0.480 e. The van der Waals surface area contributed by atoms with Crippen LogP contribution in [-0.2, 0) is 9.63 Å². The van der Waals surface area contributed by atoms with Crippen LogP contribution < -0.4 is 11.5 Å². The van der Waals surface area contributed by atoms with E-state index in [9.17, 15) is 4.79 Å². The highest BCUT2D eigenvalue weighted by molar-refractivity contribution is 5.86. The fourth-order valence-electron chi connectivity index (χ4n) is 0.743. The second-order valence-corrected chi connectivity index (χ2v) is 4.49. The molecule has 0 saturated heterocycles. The van der Waals surface area contributed by atoms with Gasteiger partial charge in [0.2, 0.25) is 0 Å². The zero-order valence-corrected chi connectivity index (χ0v) is 10.4. The maximum Gasteiger partial charge on any atom is 0.320 e. The number of aliphatic carboxylic acids is 1. The van der Waals surface area contributed by atoms with Crippen molar-refractivity contribution in [2.45, 2.75) is 45.3 Å². The Bertz CT molecular complexity index is 307. The Labute approximate surface area is 101 Å². The smallest absolute Gasteiger partial charge is 0.320 e. The molecule has 0 aromatic rings. The molecule has 0 saturated carbocycles. The molecule has 0 aliphatic heterocycles. The summed E-state index contributed by atoms with van der Waals surface area (Å²) in [6.07, 6.45) is 2.18. The first kappa shape index (κ1) is 15.4. The van der Waals surface area contributed by atoms with Gasteiger partial charge in [0.25, 0.3) is 5.96 Å². The summed E-state index contributed by atoms with van der Waals surface area (Å²) in [6.45, 7) is 5.50. The van der Waals surface area contributed by atoms with E-state index in [0.717, 1.165) is 0 Å². The van der Waals surface area contributed by atoms with Crippen LogP contribution in [0.3, 0.4) is 0 Å². The molecule has 0 fully saturated rings. The molecule has 0 bridgehead atoms. The molecule has 98 valence electrons. The van der Waals surface area contributed by atoms with Gasteiger partial charge in [0.15, 0.2) is 0 Å². The Kier molecular flexibility index (Phi) is 6.19. The number of guanidine groups is 1. The van der Waals surface area contributed by atoms with E-state index in [-0.39, 0.29) is 5.96 Å². The molecule has 7 heteroatoms. The van der Waals surface area contributed by atoms with Crippen LogP contribution in [0.4, 0.5) is 0 Å². The Morgan fingerprint density at radius 2 is 2.12 bits per heavy atom. The summed E-state index contributed by atoms with van der Waals surface area (Å²) in [5, 5.41) is 12.1. The highest BCUT2D eigenvalue weighted by Crippen LogP contribution is 2.06. The van der Waals surface area contributed by atoms with Crippen LogP contribution >= 0.6 is 0 Å². The average molecular weight is 244 g/mol. The van der Waals surface area contributed by atoms with Gasteiger partial charge in [0.1, 0.15) is 11.6 Å². The van der Waals surface area contributed by atoms with Gasteiger partial charge >= 0.3 is 5.97 Å². The highest BCUT2D eigenvalue weighted by Gasteiger charge is 2.10. The van der Waals surface area contributed by atoms with E-state index in [1.54, 1.807) is 0 Å². The minimum Gasteiger partial charge on any atom is -0.480 e. The molecule has 1 atom stereocenters. The third-order valence-corrected chi connectivity index (χ3v) is 1.56. The number of aliphatic imine (C=N–C) groups is 1. The third kappa shape index (κ3) is 9.31. The summed E-state index contributed by atoms with van der Waals surface area (Å²) in [5.41, 5.74) is 10.3. The molecule has 0 spiro atoms. The summed E-state index contributed by atoms with van der Waals surface area (Å²) >= 11 is 0. The predicted octanol–water partition coefficient (Wildman–Crippen LogP) is 0.294. The lowest BCUT2D eigenvalue weighted by Crippen LogP contribution is -2.29. The average Bonchev–Trinajstić information content (AvgIpc) is 2.20. The number of oxime groups is 1. The van der Waals surface area contributed by atoms with E-state index in [1.807, 2.05) is 20.8 Å². The van der Waals surface area contributed by atoms with Crippen LogP contribution in [-0.4, -0.2) is 34.9 Å². The maximum absolute atomic E-state index is 10.4. The van der Waals surface area contributed by atoms with Crippen molar-refractivity contribution in [3.8, 4) is 0 Å². The highest BCUT2D eigenvalue weighted by atomic mass is 16.6. The number of rotatable bonds is 5. The van der Waals surface area contributed by atoms with Crippen molar-refractivity contribution < 1.29 is 14.7 Å². The quantitative estimate of drug-likeness (QED) is 0.364. The molecule has 5 N–H and O–H groups in total. The molecule has 0 aromatic carbocycles. The zero-order chi connectivity index (χ0) is 13.5. The van der Waals surface area contributed by atoms with Gasteiger partial charge < -0.3 is 21.4 Å². The SMILES string of the molecule is CC(C)(C)O/N=C(N)/N=C/CC[C@H](N)C(=O)O. The standard InChI is InChI=1S/C10H20N4O3/c1-10(2,3)17-14-9(12)13-6-4-5-7(11)8(15)16/h6-7H,4-5,11H2,1-3H3,(H2,12,14)(H,15,16)/b13-6+/t7-/m0/s1. The maximum atomic E-state index is 10.4. The van der Waals surface area contributed by atoms with Crippen LogP contribution in [0.15, 0.2) is 10.1 Å². The van der Waals surface area contributed by atoms with Crippen LogP contribution in [0.2, 0.25) is 0 Å². The molecule has 0 aromatic heterocycles. The first-order chi connectivity index (χ1) is 7.72. The van der Waals surface area contributed by atoms with Crippen molar-refractivity contribution in [3.05, 3.63) is 0 Å². The molecular weight excluding hydrogens is 224 g/mol. The van der Waals surface area contributed by atoms with Gasteiger partial charge in [-0.2, -0.15) is 0 Å². The van der Waals surface area contributed by atoms with Crippen molar-refractivity contribution in [1.82, 2.24) is 0 Å². The molecular formula is C10H20N4O3. The van der Waals surface area contributed by atoms with Crippen LogP contribution in [0.25, 0.3) is 0 Å². The lowest BCUT2D eigenvalue weighted by atomic mass is 10.2. The Morgan fingerprint density at radius 1 is 1.53 bits per heavy atom. The van der Waals surface area contributed by atoms with Crippen molar-refractivity contribution in [1.29, 1.82) is 0 Å². The number of nitrogens with zero attached hydrogens (tertiary/aromatic N) is 2. The first-order valence-corrected chi connectivity index (χ1v) is 5.25. The molecule has 0 amide bonds. The number of hydrogen-bond donors (Lipinski definition) is 3. The molecule has 0 unspecified atom stereocenters. The topological polar surface area (TPSA) is 123 Å². The van der Waals surface area contributed by atoms with E-state index in [2.05, 4.69) is 10.1 Å².